The Morgan fingerprint density at radius 3 is 2.61 bits per heavy atom. The SMILES string of the molecule is CC(=O)N(Cc1ccc(OCc2cc(C)nc3ccccc23)cc1)Cc1n[nH]c(=O)s1. The van der Waals surface area contributed by atoms with Crippen molar-refractivity contribution in [3.8, 4) is 5.75 Å². The largest absolute Gasteiger partial charge is 0.489 e. The van der Waals surface area contributed by atoms with E-state index in [9.17, 15) is 9.59 Å². The van der Waals surface area contributed by atoms with Crippen LogP contribution < -0.4 is 9.61 Å². The summed E-state index contributed by atoms with van der Waals surface area (Å²) in [7, 11) is 0. The van der Waals surface area contributed by atoms with Crippen molar-refractivity contribution in [2.75, 3.05) is 0 Å². The molecule has 2 aromatic carbocycles. The molecule has 0 unspecified atom stereocenters. The third-order valence-electron chi connectivity index (χ3n) is 4.87. The lowest BCUT2D eigenvalue weighted by atomic mass is 10.1. The van der Waals surface area contributed by atoms with Crippen molar-refractivity contribution >= 4 is 28.1 Å². The minimum Gasteiger partial charge on any atom is -0.489 e. The van der Waals surface area contributed by atoms with Gasteiger partial charge in [0.1, 0.15) is 17.4 Å². The van der Waals surface area contributed by atoms with Crippen LogP contribution >= 0.6 is 11.3 Å². The molecule has 0 bridgehead atoms. The van der Waals surface area contributed by atoms with E-state index in [-0.39, 0.29) is 10.8 Å². The zero-order valence-electron chi connectivity index (χ0n) is 17.3. The number of para-hydroxylation sites is 1. The van der Waals surface area contributed by atoms with Crippen LogP contribution in [0.4, 0.5) is 0 Å². The van der Waals surface area contributed by atoms with Crippen LogP contribution in [0.25, 0.3) is 10.9 Å². The van der Waals surface area contributed by atoms with Gasteiger partial charge >= 0.3 is 4.87 Å². The molecule has 2 heterocycles. The van der Waals surface area contributed by atoms with Crippen LogP contribution in [0, 0.1) is 6.92 Å². The molecule has 31 heavy (non-hydrogen) atoms. The van der Waals surface area contributed by atoms with E-state index >= 15 is 0 Å². The Morgan fingerprint density at radius 1 is 1.13 bits per heavy atom. The van der Waals surface area contributed by atoms with Gasteiger partial charge in [0.25, 0.3) is 0 Å². The van der Waals surface area contributed by atoms with Crippen molar-refractivity contribution < 1.29 is 9.53 Å². The van der Waals surface area contributed by atoms with Crippen molar-refractivity contribution in [2.24, 2.45) is 0 Å². The molecule has 1 N–H and O–H groups in total. The van der Waals surface area contributed by atoms with E-state index in [0.717, 1.165) is 44.8 Å². The predicted octanol–water partition coefficient (Wildman–Crippen LogP) is 3.82. The molecule has 0 saturated carbocycles. The summed E-state index contributed by atoms with van der Waals surface area (Å²) in [6.45, 7) is 4.66. The fraction of sp³-hybridized carbons (Fsp3) is 0.217. The minimum absolute atomic E-state index is 0.0806. The first kappa shape index (κ1) is 20.7. The normalized spacial score (nSPS) is 10.9. The summed E-state index contributed by atoms with van der Waals surface area (Å²) in [5.74, 6) is 0.671. The topological polar surface area (TPSA) is 88.2 Å². The Morgan fingerprint density at radius 2 is 1.90 bits per heavy atom. The molecule has 0 aliphatic carbocycles. The number of amides is 1. The number of carbonyl (C=O) groups is 1. The Bertz CT molecular complexity index is 1260. The predicted molar refractivity (Wildman–Crippen MR) is 120 cm³/mol. The fourth-order valence-corrected chi connectivity index (χ4v) is 3.97. The first-order valence-corrected chi connectivity index (χ1v) is 10.7. The highest BCUT2D eigenvalue weighted by atomic mass is 32.1. The van der Waals surface area contributed by atoms with Crippen molar-refractivity contribution in [1.29, 1.82) is 0 Å². The molecule has 7 nitrogen and oxygen atoms in total. The lowest BCUT2D eigenvalue weighted by Crippen LogP contribution is -2.27. The Labute approximate surface area is 183 Å². The van der Waals surface area contributed by atoms with E-state index in [1.54, 1.807) is 4.90 Å². The average molecular weight is 435 g/mol. The molecule has 0 aliphatic heterocycles. The highest BCUT2D eigenvalue weighted by Crippen LogP contribution is 2.21. The van der Waals surface area contributed by atoms with Crippen LogP contribution in [0.5, 0.6) is 5.75 Å². The molecule has 158 valence electrons. The quantitative estimate of drug-likeness (QED) is 0.478. The Kier molecular flexibility index (Phi) is 6.08. The lowest BCUT2D eigenvalue weighted by Gasteiger charge is -2.20. The number of benzene rings is 2. The van der Waals surface area contributed by atoms with E-state index < -0.39 is 0 Å². The average Bonchev–Trinajstić information content (AvgIpc) is 3.17. The number of aromatic nitrogens is 3. The summed E-state index contributed by atoms with van der Waals surface area (Å²) >= 11 is 1.01. The molecule has 0 saturated heterocycles. The maximum atomic E-state index is 12.0. The van der Waals surface area contributed by atoms with Crippen molar-refractivity contribution in [3.05, 3.63) is 86.1 Å². The van der Waals surface area contributed by atoms with E-state index in [1.807, 2.05) is 55.5 Å². The number of aromatic amines is 1. The summed E-state index contributed by atoms with van der Waals surface area (Å²) in [6, 6.07) is 17.8. The van der Waals surface area contributed by atoms with Crippen LogP contribution in [0.15, 0.2) is 59.4 Å². The van der Waals surface area contributed by atoms with Crippen molar-refractivity contribution in [2.45, 2.75) is 33.5 Å². The van der Waals surface area contributed by atoms with E-state index in [4.69, 9.17) is 4.74 Å². The molecule has 8 heteroatoms. The number of aryl methyl sites for hydroxylation is 1. The van der Waals surface area contributed by atoms with Crippen LogP contribution in [-0.4, -0.2) is 26.0 Å². The van der Waals surface area contributed by atoms with Crippen LogP contribution in [0.1, 0.15) is 28.8 Å². The van der Waals surface area contributed by atoms with Crippen LogP contribution in [-0.2, 0) is 24.5 Å². The molecule has 4 rings (SSSR count). The summed E-state index contributed by atoms with van der Waals surface area (Å²) < 4.78 is 6.01. The van der Waals surface area contributed by atoms with Gasteiger partial charge in [0.05, 0.1) is 12.1 Å². The van der Waals surface area contributed by atoms with Gasteiger partial charge in [-0.15, -0.1) is 0 Å². The number of H-pyrrole nitrogens is 1. The molecular formula is C23H22N4O3S. The van der Waals surface area contributed by atoms with Gasteiger partial charge < -0.3 is 9.64 Å². The molecular weight excluding hydrogens is 412 g/mol. The van der Waals surface area contributed by atoms with Gasteiger partial charge in [0.15, 0.2) is 0 Å². The summed E-state index contributed by atoms with van der Waals surface area (Å²) in [6.07, 6.45) is 0. The standard InChI is InChI=1S/C23H22N4O3S/c1-15-11-18(20-5-3-4-6-21(20)24-15)14-30-19-9-7-17(8-10-19)12-27(16(2)28)13-22-25-26-23(29)31-22/h3-11H,12-14H2,1-2H3,(H,26,29). The van der Waals surface area contributed by atoms with Gasteiger partial charge in [-0.1, -0.05) is 41.7 Å². The number of nitrogens with zero attached hydrogens (tertiary/aromatic N) is 3. The number of rotatable bonds is 7. The van der Waals surface area contributed by atoms with Gasteiger partial charge in [-0.25, -0.2) is 5.10 Å². The summed E-state index contributed by atoms with van der Waals surface area (Å²) in [5.41, 5.74) is 3.98. The highest BCUT2D eigenvalue weighted by molar-refractivity contribution is 7.08. The molecule has 1 amide bonds. The Balaban J connectivity index is 1.42. The van der Waals surface area contributed by atoms with Gasteiger partial charge in [-0.2, -0.15) is 5.10 Å². The molecule has 0 atom stereocenters. The fourth-order valence-electron chi connectivity index (χ4n) is 3.36. The smallest absolute Gasteiger partial charge is 0.322 e. The molecule has 4 aromatic rings. The first-order valence-electron chi connectivity index (χ1n) is 9.85. The molecule has 2 aromatic heterocycles. The van der Waals surface area contributed by atoms with Gasteiger partial charge in [-0.3, -0.25) is 14.6 Å². The molecule has 0 aliphatic rings. The van der Waals surface area contributed by atoms with Gasteiger partial charge in [-0.05, 0) is 36.8 Å². The number of fused-ring (bicyclic) bond motifs is 1. The van der Waals surface area contributed by atoms with Crippen LogP contribution in [0.3, 0.4) is 0 Å². The number of carbonyl (C=O) groups excluding carboxylic acids is 1. The maximum Gasteiger partial charge on any atom is 0.322 e. The number of ether oxygens (including phenoxy) is 1. The Hall–Kier alpha value is -3.52. The van der Waals surface area contributed by atoms with Crippen molar-refractivity contribution in [3.63, 3.8) is 0 Å². The van der Waals surface area contributed by atoms with E-state index in [1.165, 1.54) is 6.92 Å². The molecule has 0 spiro atoms. The van der Waals surface area contributed by atoms with E-state index in [0.29, 0.717) is 24.7 Å². The summed E-state index contributed by atoms with van der Waals surface area (Å²) in [5, 5.41) is 7.99. The zero-order chi connectivity index (χ0) is 21.8. The van der Waals surface area contributed by atoms with Crippen LogP contribution in [0.2, 0.25) is 0 Å². The number of pyridine rings is 1. The highest BCUT2D eigenvalue weighted by Gasteiger charge is 2.13. The number of nitrogens with one attached hydrogen (secondary N) is 1. The van der Waals surface area contributed by atoms with Gasteiger partial charge in [0, 0.05) is 30.1 Å². The molecule has 0 radical (unpaired) electrons. The maximum absolute atomic E-state index is 12.0. The van der Waals surface area contributed by atoms with E-state index in [2.05, 4.69) is 21.2 Å². The van der Waals surface area contributed by atoms with Gasteiger partial charge in [0.2, 0.25) is 5.91 Å². The number of hydrogen-bond acceptors (Lipinski definition) is 6. The second-order valence-electron chi connectivity index (χ2n) is 7.25. The second kappa shape index (κ2) is 9.09. The minimum atomic E-state index is -0.225. The summed E-state index contributed by atoms with van der Waals surface area (Å²) in [4.78, 5) is 29.3. The lowest BCUT2D eigenvalue weighted by molar-refractivity contribution is -0.130. The third-order valence-corrected chi connectivity index (χ3v) is 5.61. The zero-order valence-corrected chi connectivity index (χ0v) is 18.1. The number of hydrogen-bond donors (Lipinski definition) is 1. The molecule has 0 fully saturated rings. The second-order valence-corrected chi connectivity index (χ2v) is 8.30. The monoisotopic (exact) mass is 434 g/mol. The first-order chi connectivity index (χ1) is 15.0. The van der Waals surface area contributed by atoms with Crippen molar-refractivity contribution in [1.82, 2.24) is 20.1 Å². The third kappa shape index (κ3) is 5.16.